The number of hydrogen-bond donors (Lipinski definition) is 2. The summed E-state index contributed by atoms with van der Waals surface area (Å²) in [5.41, 5.74) is 1.43. The molecule has 0 bridgehead atoms. The summed E-state index contributed by atoms with van der Waals surface area (Å²) >= 11 is 0. The molecule has 2 aliphatic rings. The number of carbonyl (C=O) groups is 1. The number of allylic oxidation sites excluding steroid dienone is 1. The molecule has 0 aromatic heterocycles. The fourth-order valence-electron chi connectivity index (χ4n) is 2.69. The Hall–Kier alpha value is -0.830. The number of hydrogen-bond acceptors (Lipinski definition) is 2. The molecule has 0 saturated carbocycles. The average molecular weight is 236 g/mol. The van der Waals surface area contributed by atoms with Crippen molar-refractivity contribution in [2.24, 2.45) is 5.92 Å². The molecule has 2 N–H and O–H groups in total. The number of amides is 1. The van der Waals surface area contributed by atoms with E-state index in [0.29, 0.717) is 0 Å². The normalized spacial score (nSPS) is 25.9. The van der Waals surface area contributed by atoms with Crippen LogP contribution in [0.4, 0.5) is 0 Å². The molecule has 3 heteroatoms. The minimum atomic E-state index is 0.231. The first-order valence-corrected chi connectivity index (χ1v) is 7.02. The van der Waals surface area contributed by atoms with Gasteiger partial charge >= 0.3 is 0 Å². The lowest BCUT2D eigenvalue weighted by molar-refractivity contribution is -0.125. The molecular weight excluding hydrogens is 212 g/mol. The highest BCUT2D eigenvalue weighted by molar-refractivity contribution is 5.78. The second kappa shape index (κ2) is 6.80. The quantitative estimate of drug-likeness (QED) is 0.736. The van der Waals surface area contributed by atoms with Crippen molar-refractivity contribution in [3.63, 3.8) is 0 Å². The highest BCUT2D eigenvalue weighted by Gasteiger charge is 2.19. The van der Waals surface area contributed by atoms with E-state index in [-0.39, 0.29) is 11.8 Å². The van der Waals surface area contributed by atoms with Crippen LogP contribution in [0.3, 0.4) is 0 Å². The molecule has 1 aliphatic carbocycles. The van der Waals surface area contributed by atoms with Crippen molar-refractivity contribution >= 4 is 5.91 Å². The van der Waals surface area contributed by atoms with E-state index >= 15 is 0 Å². The monoisotopic (exact) mass is 236 g/mol. The van der Waals surface area contributed by atoms with Crippen molar-refractivity contribution in [1.82, 2.24) is 10.6 Å². The minimum absolute atomic E-state index is 0.231. The van der Waals surface area contributed by atoms with E-state index in [1.54, 1.807) is 0 Å². The van der Waals surface area contributed by atoms with Gasteiger partial charge in [-0.05, 0) is 58.0 Å². The molecule has 3 nitrogen and oxygen atoms in total. The third-order valence-corrected chi connectivity index (χ3v) is 3.82. The van der Waals surface area contributed by atoms with Gasteiger partial charge in [0.1, 0.15) is 0 Å². The van der Waals surface area contributed by atoms with E-state index in [9.17, 15) is 4.79 Å². The largest absolute Gasteiger partial charge is 0.352 e. The van der Waals surface area contributed by atoms with E-state index < -0.39 is 0 Å². The molecule has 17 heavy (non-hydrogen) atoms. The van der Waals surface area contributed by atoms with E-state index in [2.05, 4.69) is 16.7 Å². The van der Waals surface area contributed by atoms with Crippen LogP contribution in [0.5, 0.6) is 0 Å². The van der Waals surface area contributed by atoms with Gasteiger partial charge in [-0.1, -0.05) is 11.6 Å². The zero-order valence-corrected chi connectivity index (χ0v) is 10.6. The first-order chi connectivity index (χ1) is 8.36. The zero-order valence-electron chi connectivity index (χ0n) is 10.6. The predicted molar refractivity (Wildman–Crippen MR) is 69.8 cm³/mol. The summed E-state index contributed by atoms with van der Waals surface area (Å²) in [6.45, 7) is 2.83. The third-order valence-electron chi connectivity index (χ3n) is 3.82. The topological polar surface area (TPSA) is 41.1 Å². The van der Waals surface area contributed by atoms with Crippen LogP contribution in [0.1, 0.15) is 44.9 Å². The van der Waals surface area contributed by atoms with Gasteiger partial charge in [-0.2, -0.15) is 0 Å². The van der Waals surface area contributed by atoms with Gasteiger partial charge in [0.25, 0.3) is 0 Å². The Bertz CT molecular complexity index is 278. The fourth-order valence-corrected chi connectivity index (χ4v) is 2.69. The molecule has 1 aliphatic heterocycles. The van der Waals surface area contributed by atoms with Gasteiger partial charge in [0, 0.05) is 12.5 Å². The molecule has 1 heterocycles. The summed E-state index contributed by atoms with van der Waals surface area (Å²) in [7, 11) is 0. The maximum absolute atomic E-state index is 12.0. The van der Waals surface area contributed by atoms with E-state index in [0.717, 1.165) is 38.9 Å². The smallest absolute Gasteiger partial charge is 0.223 e. The molecule has 96 valence electrons. The van der Waals surface area contributed by atoms with Gasteiger partial charge in [-0.15, -0.1) is 0 Å². The number of nitrogens with one attached hydrogen (secondary N) is 2. The van der Waals surface area contributed by atoms with Crippen molar-refractivity contribution in [2.75, 3.05) is 19.6 Å². The Labute approximate surface area is 104 Å². The molecule has 0 aromatic carbocycles. The highest BCUT2D eigenvalue weighted by Crippen LogP contribution is 2.17. The molecule has 1 amide bonds. The second-order valence-corrected chi connectivity index (χ2v) is 5.20. The Balaban J connectivity index is 1.73. The molecule has 1 unspecified atom stereocenters. The first kappa shape index (κ1) is 12.6. The summed E-state index contributed by atoms with van der Waals surface area (Å²) in [4.78, 5) is 12.0. The standard InChI is InChI=1S/C14H24N2O/c17-14(13-7-4-9-15-10-8-13)16-11-12-5-2-1-3-6-12/h5,13,15H,1-4,6-11H2,(H,16,17). The second-order valence-electron chi connectivity index (χ2n) is 5.20. The fraction of sp³-hybridized carbons (Fsp3) is 0.786. The highest BCUT2D eigenvalue weighted by atomic mass is 16.1. The van der Waals surface area contributed by atoms with E-state index in [4.69, 9.17) is 0 Å². The summed E-state index contributed by atoms with van der Waals surface area (Å²) in [6.07, 6.45) is 10.4. The lowest BCUT2D eigenvalue weighted by atomic mass is 9.98. The van der Waals surface area contributed by atoms with E-state index in [1.165, 1.54) is 31.3 Å². The van der Waals surface area contributed by atoms with Crippen molar-refractivity contribution in [3.8, 4) is 0 Å². The molecule has 1 saturated heterocycles. The van der Waals surface area contributed by atoms with Crippen LogP contribution in [0.2, 0.25) is 0 Å². The Morgan fingerprint density at radius 3 is 3.06 bits per heavy atom. The van der Waals surface area contributed by atoms with Crippen molar-refractivity contribution in [3.05, 3.63) is 11.6 Å². The van der Waals surface area contributed by atoms with Gasteiger partial charge in [0.15, 0.2) is 0 Å². The van der Waals surface area contributed by atoms with Crippen LogP contribution in [0, 0.1) is 5.92 Å². The molecule has 0 aromatic rings. The average Bonchev–Trinajstić information content (AvgIpc) is 2.66. The van der Waals surface area contributed by atoms with Crippen molar-refractivity contribution in [2.45, 2.75) is 44.9 Å². The molecule has 0 radical (unpaired) electrons. The summed E-state index contributed by atoms with van der Waals surface area (Å²) in [5.74, 6) is 0.495. The lowest BCUT2D eigenvalue weighted by Gasteiger charge is -2.17. The summed E-state index contributed by atoms with van der Waals surface area (Å²) in [6, 6.07) is 0. The van der Waals surface area contributed by atoms with Gasteiger partial charge in [0.05, 0.1) is 0 Å². The van der Waals surface area contributed by atoms with Gasteiger partial charge in [-0.25, -0.2) is 0 Å². The predicted octanol–water partition coefficient (Wildman–Crippen LogP) is 1.99. The molecule has 0 spiro atoms. The third kappa shape index (κ3) is 4.15. The van der Waals surface area contributed by atoms with Crippen molar-refractivity contribution in [1.29, 1.82) is 0 Å². The lowest BCUT2D eigenvalue weighted by Crippen LogP contribution is -2.32. The van der Waals surface area contributed by atoms with Crippen LogP contribution >= 0.6 is 0 Å². The van der Waals surface area contributed by atoms with Gasteiger partial charge < -0.3 is 10.6 Å². The van der Waals surface area contributed by atoms with Gasteiger partial charge in [0.2, 0.25) is 5.91 Å². The first-order valence-electron chi connectivity index (χ1n) is 7.02. The maximum Gasteiger partial charge on any atom is 0.223 e. The minimum Gasteiger partial charge on any atom is -0.352 e. The van der Waals surface area contributed by atoms with Crippen LogP contribution in [-0.2, 0) is 4.79 Å². The van der Waals surface area contributed by atoms with Crippen LogP contribution < -0.4 is 10.6 Å². The number of carbonyl (C=O) groups excluding carboxylic acids is 1. The Kier molecular flexibility index (Phi) is 5.05. The van der Waals surface area contributed by atoms with Gasteiger partial charge in [-0.3, -0.25) is 4.79 Å². The molecule has 1 atom stereocenters. The Morgan fingerprint density at radius 1 is 1.29 bits per heavy atom. The van der Waals surface area contributed by atoms with E-state index in [1.807, 2.05) is 0 Å². The van der Waals surface area contributed by atoms with Crippen LogP contribution in [0.15, 0.2) is 11.6 Å². The summed E-state index contributed by atoms with van der Waals surface area (Å²) in [5, 5.41) is 6.46. The molecular formula is C14H24N2O. The van der Waals surface area contributed by atoms with Crippen molar-refractivity contribution < 1.29 is 4.79 Å². The SMILES string of the molecule is O=C(NCC1=CCCCC1)C1CCCNCC1. The molecule has 1 fully saturated rings. The zero-order chi connectivity index (χ0) is 11.9. The van der Waals surface area contributed by atoms with Crippen LogP contribution in [-0.4, -0.2) is 25.5 Å². The maximum atomic E-state index is 12.0. The molecule has 2 rings (SSSR count). The summed E-state index contributed by atoms with van der Waals surface area (Å²) < 4.78 is 0. The van der Waals surface area contributed by atoms with Crippen LogP contribution in [0.25, 0.3) is 0 Å². The number of rotatable bonds is 3. The Morgan fingerprint density at radius 2 is 2.24 bits per heavy atom.